The van der Waals surface area contributed by atoms with E-state index in [1.165, 1.54) is 31.2 Å². The molecule has 1 aliphatic rings. The van der Waals surface area contributed by atoms with E-state index in [-0.39, 0.29) is 31.1 Å². The highest BCUT2D eigenvalue weighted by molar-refractivity contribution is 5.89. The Morgan fingerprint density at radius 2 is 1.57 bits per heavy atom. The van der Waals surface area contributed by atoms with Crippen LogP contribution in [0.4, 0.5) is 26.3 Å². The zero-order valence-electron chi connectivity index (χ0n) is 15.1. The van der Waals surface area contributed by atoms with Crippen molar-refractivity contribution in [2.75, 3.05) is 0 Å². The van der Waals surface area contributed by atoms with E-state index in [1.807, 2.05) is 0 Å². The van der Waals surface area contributed by atoms with Gasteiger partial charge in [-0.05, 0) is 61.1 Å². The van der Waals surface area contributed by atoms with Crippen LogP contribution < -0.4 is 4.74 Å². The molecule has 2 aromatic rings. The fourth-order valence-corrected chi connectivity index (χ4v) is 3.66. The first-order chi connectivity index (χ1) is 13.0. The second-order valence-corrected chi connectivity index (χ2v) is 7.23. The van der Waals surface area contributed by atoms with Gasteiger partial charge in [-0.3, -0.25) is 0 Å². The molecular weight excluding hydrogens is 386 g/mol. The van der Waals surface area contributed by atoms with Crippen molar-refractivity contribution in [3.8, 4) is 5.75 Å². The first kappa shape index (κ1) is 20.8. The largest absolute Gasteiger partial charge is 0.490 e. The van der Waals surface area contributed by atoms with Gasteiger partial charge in [-0.25, -0.2) is 0 Å². The highest BCUT2D eigenvalue weighted by atomic mass is 19.4. The molecule has 1 unspecified atom stereocenters. The average Bonchev–Trinajstić information content (AvgIpc) is 2.59. The van der Waals surface area contributed by atoms with Crippen LogP contribution in [0.2, 0.25) is 0 Å². The Balaban J connectivity index is 1.93. The van der Waals surface area contributed by atoms with Crippen molar-refractivity contribution in [2.45, 2.75) is 57.2 Å². The van der Waals surface area contributed by atoms with E-state index < -0.39 is 41.8 Å². The minimum Gasteiger partial charge on any atom is -0.490 e. The number of benzene rings is 2. The molecule has 2 nitrogen and oxygen atoms in total. The van der Waals surface area contributed by atoms with E-state index in [9.17, 15) is 31.4 Å². The molecule has 8 heteroatoms. The summed E-state index contributed by atoms with van der Waals surface area (Å²) in [5.74, 6) is -1.82. The summed E-state index contributed by atoms with van der Waals surface area (Å²) in [4.78, 5) is 0. The van der Waals surface area contributed by atoms with E-state index >= 15 is 0 Å². The molecule has 1 aliphatic carbocycles. The van der Waals surface area contributed by atoms with Gasteiger partial charge in [-0.2, -0.15) is 26.3 Å². The summed E-state index contributed by atoms with van der Waals surface area (Å²) in [5.41, 5.74) is -0.633. The van der Waals surface area contributed by atoms with Crippen LogP contribution in [0.3, 0.4) is 0 Å². The predicted octanol–water partition coefficient (Wildman–Crippen LogP) is 6.41. The van der Waals surface area contributed by atoms with Crippen LogP contribution in [-0.2, 0) is 6.18 Å². The van der Waals surface area contributed by atoms with Crippen molar-refractivity contribution in [2.24, 2.45) is 5.92 Å². The third-order valence-electron chi connectivity index (χ3n) is 5.20. The highest BCUT2D eigenvalue weighted by Crippen LogP contribution is 2.44. The van der Waals surface area contributed by atoms with Crippen molar-refractivity contribution in [3.63, 3.8) is 0 Å². The van der Waals surface area contributed by atoms with Crippen LogP contribution in [0.1, 0.15) is 49.8 Å². The van der Waals surface area contributed by atoms with E-state index in [0.29, 0.717) is 10.9 Å². The molecule has 1 fully saturated rings. The number of fused-ring (bicyclic) bond motifs is 1. The van der Waals surface area contributed by atoms with Crippen LogP contribution in [-0.4, -0.2) is 17.4 Å². The first-order valence-electron chi connectivity index (χ1n) is 9.02. The third kappa shape index (κ3) is 4.37. The molecule has 0 amide bonds. The molecule has 3 rings (SSSR count). The zero-order valence-corrected chi connectivity index (χ0v) is 15.1. The monoisotopic (exact) mass is 406 g/mol. The molecule has 1 N–H and O–H groups in total. The molecule has 28 heavy (non-hydrogen) atoms. The molecule has 0 aliphatic heterocycles. The van der Waals surface area contributed by atoms with Crippen LogP contribution in [0.5, 0.6) is 5.75 Å². The second kappa shape index (κ2) is 7.46. The standard InChI is InChI=1S/C20H20F6O2/c1-11(27)13-3-2-12-4-9-17(18(16(12)10-13)20(24,25)26)28-15-7-5-14(6-8-15)19(21,22)23/h2-4,9-11,14-15,27H,5-8H2,1H3. The molecule has 0 aromatic heterocycles. The number of hydrogen-bond acceptors (Lipinski definition) is 2. The molecule has 0 spiro atoms. The average molecular weight is 406 g/mol. The minimum atomic E-state index is -4.71. The topological polar surface area (TPSA) is 29.5 Å². The van der Waals surface area contributed by atoms with Gasteiger partial charge in [0.05, 0.1) is 18.1 Å². The number of aliphatic hydroxyl groups is 1. The molecule has 1 saturated carbocycles. The Kier molecular flexibility index (Phi) is 5.53. The van der Waals surface area contributed by atoms with E-state index in [0.717, 1.165) is 0 Å². The Morgan fingerprint density at radius 1 is 0.964 bits per heavy atom. The maximum Gasteiger partial charge on any atom is 0.420 e. The summed E-state index contributed by atoms with van der Waals surface area (Å²) in [6, 6.07) is 7.00. The van der Waals surface area contributed by atoms with E-state index in [1.54, 1.807) is 6.07 Å². The zero-order chi connectivity index (χ0) is 20.7. The predicted molar refractivity (Wildman–Crippen MR) is 92.0 cm³/mol. The first-order valence-corrected chi connectivity index (χ1v) is 9.02. The second-order valence-electron chi connectivity index (χ2n) is 7.23. The van der Waals surface area contributed by atoms with Gasteiger partial charge in [-0.15, -0.1) is 0 Å². The molecule has 2 aromatic carbocycles. The van der Waals surface area contributed by atoms with Gasteiger partial charge < -0.3 is 9.84 Å². The third-order valence-corrected chi connectivity index (χ3v) is 5.20. The number of aliphatic hydroxyl groups excluding tert-OH is 1. The Morgan fingerprint density at radius 3 is 2.11 bits per heavy atom. The Bertz CT molecular complexity index is 833. The minimum absolute atomic E-state index is 0.0488. The normalized spacial score (nSPS) is 22.3. The molecule has 0 radical (unpaired) electrons. The maximum absolute atomic E-state index is 13.8. The van der Waals surface area contributed by atoms with Gasteiger partial charge in [0, 0.05) is 0 Å². The molecule has 0 bridgehead atoms. The molecule has 1 atom stereocenters. The van der Waals surface area contributed by atoms with Crippen molar-refractivity contribution in [1.82, 2.24) is 0 Å². The molecule has 0 heterocycles. The lowest BCUT2D eigenvalue weighted by Gasteiger charge is -2.31. The van der Waals surface area contributed by atoms with Gasteiger partial charge in [0.25, 0.3) is 0 Å². The van der Waals surface area contributed by atoms with Gasteiger partial charge in [0.15, 0.2) is 0 Å². The highest BCUT2D eigenvalue weighted by Gasteiger charge is 2.42. The summed E-state index contributed by atoms with van der Waals surface area (Å²) in [5, 5.41) is 9.93. The number of alkyl halides is 6. The summed E-state index contributed by atoms with van der Waals surface area (Å²) in [6.45, 7) is 1.45. The number of hydrogen-bond donors (Lipinski definition) is 1. The van der Waals surface area contributed by atoms with E-state index in [2.05, 4.69) is 0 Å². The summed E-state index contributed by atoms with van der Waals surface area (Å²) >= 11 is 0. The lowest BCUT2D eigenvalue weighted by Crippen LogP contribution is -2.32. The molecule has 0 saturated heterocycles. The van der Waals surface area contributed by atoms with Crippen molar-refractivity contribution in [3.05, 3.63) is 41.5 Å². The Hall–Kier alpha value is -1.96. The quantitative estimate of drug-likeness (QED) is 0.597. The van der Waals surface area contributed by atoms with Crippen LogP contribution >= 0.6 is 0 Å². The molecule has 154 valence electrons. The number of halogens is 6. The Labute approximate surface area is 158 Å². The lowest BCUT2D eigenvalue weighted by molar-refractivity contribution is -0.185. The fourth-order valence-electron chi connectivity index (χ4n) is 3.66. The summed E-state index contributed by atoms with van der Waals surface area (Å²) in [6.07, 6.45) is -10.9. The van der Waals surface area contributed by atoms with Crippen LogP contribution in [0.15, 0.2) is 30.3 Å². The van der Waals surface area contributed by atoms with Crippen LogP contribution in [0.25, 0.3) is 10.8 Å². The summed E-state index contributed by atoms with van der Waals surface area (Å²) in [7, 11) is 0. The fraction of sp³-hybridized carbons (Fsp3) is 0.500. The smallest absolute Gasteiger partial charge is 0.420 e. The van der Waals surface area contributed by atoms with Gasteiger partial charge in [0.2, 0.25) is 0 Å². The number of rotatable bonds is 3. The lowest BCUT2D eigenvalue weighted by atomic mass is 9.87. The maximum atomic E-state index is 13.8. The van der Waals surface area contributed by atoms with Gasteiger partial charge in [-0.1, -0.05) is 18.2 Å². The number of ether oxygens (including phenoxy) is 1. The van der Waals surface area contributed by atoms with Crippen LogP contribution in [0, 0.1) is 5.92 Å². The van der Waals surface area contributed by atoms with E-state index in [4.69, 9.17) is 4.74 Å². The van der Waals surface area contributed by atoms with Crippen molar-refractivity contribution < 1.29 is 36.2 Å². The summed E-state index contributed by atoms with van der Waals surface area (Å²) < 4.78 is 85.3. The van der Waals surface area contributed by atoms with Gasteiger partial charge in [0.1, 0.15) is 11.3 Å². The molecular formula is C20H20F6O2. The van der Waals surface area contributed by atoms with Crippen molar-refractivity contribution in [1.29, 1.82) is 0 Å². The van der Waals surface area contributed by atoms with Gasteiger partial charge >= 0.3 is 12.4 Å². The van der Waals surface area contributed by atoms with Crippen molar-refractivity contribution >= 4 is 10.8 Å². The SMILES string of the molecule is CC(O)c1ccc2ccc(OC3CCC(C(F)(F)F)CC3)c(C(F)(F)F)c2c1.